The van der Waals surface area contributed by atoms with Gasteiger partial charge in [-0.15, -0.1) is 0 Å². The van der Waals surface area contributed by atoms with Crippen molar-refractivity contribution in [1.29, 1.82) is 0 Å². The lowest BCUT2D eigenvalue weighted by Gasteiger charge is -2.07. The maximum Gasteiger partial charge on any atom is 0.358 e. The van der Waals surface area contributed by atoms with E-state index in [2.05, 4.69) is 4.52 Å². The molecule has 1 rings (SSSR count). The molecule has 0 amide bonds. The fourth-order valence-electron chi connectivity index (χ4n) is 0.768. The van der Waals surface area contributed by atoms with Gasteiger partial charge in [-0.25, -0.2) is 0 Å². The predicted octanol–water partition coefficient (Wildman–Crippen LogP) is 0.726. The minimum Gasteiger partial charge on any atom is -0.399 e. The van der Waals surface area contributed by atoms with Crippen molar-refractivity contribution in [3.05, 3.63) is 24.3 Å². The lowest BCUT2D eigenvalue weighted by Crippen LogP contribution is -2.05. The van der Waals surface area contributed by atoms with Crippen molar-refractivity contribution in [3.63, 3.8) is 0 Å². The molecule has 4 nitrogen and oxygen atoms in total. The molecule has 0 spiro atoms. The molecule has 1 aromatic carbocycles. The van der Waals surface area contributed by atoms with Gasteiger partial charge in [-0.2, -0.15) is 0 Å². The quantitative estimate of drug-likeness (QED) is 0.528. The number of rotatable bonds is 2. The van der Waals surface area contributed by atoms with E-state index in [0.717, 1.165) is 0 Å². The third-order valence-corrected chi connectivity index (χ3v) is 2.91. The van der Waals surface area contributed by atoms with Crippen LogP contribution in [0.3, 0.4) is 0 Å². The standard InChI is InChI=1S/C7H10NO3P/c1-11-12(9,10)7-4-2-6(8)3-5-7/h2-5H,8H2,1H3,(H,9,10). The molecule has 0 saturated carbocycles. The van der Waals surface area contributed by atoms with Gasteiger partial charge in [0.1, 0.15) is 0 Å². The van der Waals surface area contributed by atoms with Crippen LogP contribution in [-0.2, 0) is 9.09 Å². The fraction of sp³-hybridized carbons (Fsp3) is 0.143. The zero-order valence-electron chi connectivity index (χ0n) is 6.60. The zero-order chi connectivity index (χ0) is 9.19. The Morgan fingerprint density at radius 3 is 2.33 bits per heavy atom. The smallest absolute Gasteiger partial charge is 0.358 e. The SMILES string of the molecule is COP(=O)(O)c1ccc(N)cc1. The average molecular weight is 187 g/mol. The van der Waals surface area contributed by atoms with E-state index in [0.29, 0.717) is 5.69 Å². The van der Waals surface area contributed by atoms with Crippen molar-refractivity contribution >= 4 is 18.6 Å². The summed E-state index contributed by atoms with van der Waals surface area (Å²) in [6.45, 7) is 0. The number of nitrogen functional groups attached to an aromatic ring is 1. The average Bonchev–Trinajstić information content (AvgIpc) is 2.05. The normalized spacial score (nSPS) is 15.5. The van der Waals surface area contributed by atoms with Crippen molar-refractivity contribution in [1.82, 2.24) is 0 Å². The van der Waals surface area contributed by atoms with Crippen LogP contribution >= 0.6 is 7.60 Å². The first-order valence-electron chi connectivity index (χ1n) is 3.31. The Morgan fingerprint density at radius 1 is 1.42 bits per heavy atom. The van der Waals surface area contributed by atoms with Gasteiger partial charge in [0, 0.05) is 12.8 Å². The molecule has 0 aliphatic heterocycles. The molecule has 0 heterocycles. The molecule has 12 heavy (non-hydrogen) atoms. The van der Waals surface area contributed by atoms with Crippen LogP contribution in [0.4, 0.5) is 5.69 Å². The van der Waals surface area contributed by atoms with Crippen molar-refractivity contribution in [2.75, 3.05) is 12.8 Å². The maximum atomic E-state index is 11.2. The summed E-state index contributed by atoms with van der Waals surface area (Å²) in [7, 11) is -2.41. The molecule has 66 valence electrons. The lowest BCUT2D eigenvalue weighted by atomic mass is 10.3. The highest BCUT2D eigenvalue weighted by molar-refractivity contribution is 7.61. The van der Waals surface area contributed by atoms with Crippen LogP contribution in [0.25, 0.3) is 0 Å². The summed E-state index contributed by atoms with van der Waals surface area (Å²) >= 11 is 0. The summed E-state index contributed by atoms with van der Waals surface area (Å²) in [5, 5.41) is 0.249. The second-order valence-electron chi connectivity index (χ2n) is 2.29. The first-order chi connectivity index (χ1) is 5.56. The van der Waals surface area contributed by atoms with Gasteiger partial charge in [0.2, 0.25) is 0 Å². The van der Waals surface area contributed by atoms with Crippen LogP contribution in [0.5, 0.6) is 0 Å². The van der Waals surface area contributed by atoms with Gasteiger partial charge in [-0.3, -0.25) is 4.57 Å². The summed E-state index contributed by atoms with van der Waals surface area (Å²) in [5.74, 6) is 0. The molecule has 1 unspecified atom stereocenters. The predicted molar refractivity (Wildman–Crippen MR) is 47.3 cm³/mol. The van der Waals surface area contributed by atoms with E-state index in [1.165, 1.54) is 19.2 Å². The highest BCUT2D eigenvalue weighted by atomic mass is 31.2. The maximum absolute atomic E-state index is 11.2. The van der Waals surface area contributed by atoms with Gasteiger partial charge in [0.15, 0.2) is 0 Å². The number of hydrogen-bond acceptors (Lipinski definition) is 3. The summed E-state index contributed by atoms with van der Waals surface area (Å²) < 4.78 is 15.6. The van der Waals surface area contributed by atoms with Gasteiger partial charge in [-0.05, 0) is 24.3 Å². The summed E-state index contributed by atoms with van der Waals surface area (Å²) in [4.78, 5) is 9.18. The molecule has 1 atom stereocenters. The highest BCUT2D eigenvalue weighted by Gasteiger charge is 2.19. The fourth-order valence-corrected chi connectivity index (χ4v) is 1.50. The topological polar surface area (TPSA) is 72.5 Å². The molecule has 0 fully saturated rings. The molecule has 0 aromatic heterocycles. The Bertz CT molecular complexity index is 309. The first kappa shape index (κ1) is 9.26. The molecule has 3 N–H and O–H groups in total. The van der Waals surface area contributed by atoms with Crippen molar-refractivity contribution in [2.45, 2.75) is 0 Å². The van der Waals surface area contributed by atoms with Gasteiger partial charge >= 0.3 is 7.60 Å². The Morgan fingerprint density at radius 2 is 1.92 bits per heavy atom. The van der Waals surface area contributed by atoms with Crippen LogP contribution in [0.2, 0.25) is 0 Å². The van der Waals surface area contributed by atoms with Gasteiger partial charge < -0.3 is 15.2 Å². The molecular formula is C7H10NO3P. The van der Waals surface area contributed by atoms with Gasteiger partial charge in [0.25, 0.3) is 0 Å². The van der Waals surface area contributed by atoms with Crippen LogP contribution < -0.4 is 11.0 Å². The van der Waals surface area contributed by atoms with E-state index < -0.39 is 7.60 Å². The summed E-state index contributed by atoms with van der Waals surface area (Å²) in [6, 6.07) is 6.05. The van der Waals surface area contributed by atoms with E-state index in [-0.39, 0.29) is 5.30 Å². The molecule has 0 bridgehead atoms. The second-order valence-corrected chi connectivity index (χ2v) is 4.22. The molecule has 5 heteroatoms. The molecular weight excluding hydrogens is 177 g/mol. The van der Waals surface area contributed by atoms with Gasteiger partial charge in [-0.1, -0.05) is 0 Å². The Balaban J connectivity index is 3.05. The number of hydrogen-bond donors (Lipinski definition) is 2. The number of nitrogens with two attached hydrogens (primary N) is 1. The van der Waals surface area contributed by atoms with Crippen molar-refractivity contribution < 1.29 is 14.0 Å². The number of benzene rings is 1. The monoisotopic (exact) mass is 187 g/mol. The largest absolute Gasteiger partial charge is 0.399 e. The van der Waals surface area contributed by atoms with Crippen molar-refractivity contribution in [3.8, 4) is 0 Å². The van der Waals surface area contributed by atoms with Crippen LogP contribution in [0.15, 0.2) is 24.3 Å². The van der Waals surface area contributed by atoms with E-state index in [1.807, 2.05) is 0 Å². The third kappa shape index (κ3) is 1.85. The summed E-state index contributed by atoms with van der Waals surface area (Å²) in [5.41, 5.74) is 5.95. The first-order valence-corrected chi connectivity index (χ1v) is 4.88. The second kappa shape index (κ2) is 3.27. The Kier molecular flexibility index (Phi) is 2.52. The van der Waals surface area contributed by atoms with E-state index in [1.54, 1.807) is 12.1 Å². The minimum atomic E-state index is -3.60. The molecule has 0 radical (unpaired) electrons. The zero-order valence-corrected chi connectivity index (χ0v) is 7.49. The van der Waals surface area contributed by atoms with E-state index in [4.69, 9.17) is 5.73 Å². The molecule has 0 aliphatic rings. The Hall–Kier alpha value is -0.830. The lowest BCUT2D eigenvalue weighted by molar-refractivity contribution is 0.328. The summed E-state index contributed by atoms with van der Waals surface area (Å²) in [6.07, 6.45) is 0. The highest BCUT2D eigenvalue weighted by Crippen LogP contribution is 2.39. The van der Waals surface area contributed by atoms with Crippen LogP contribution in [-0.4, -0.2) is 12.0 Å². The molecule has 0 saturated heterocycles. The van der Waals surface area contributed by atoms with E-state index >= 15 is 0 Å². The van der Waals surface area contributed by atoms with Gasteiger partial charge in [0.05, 0.1) is 5.30 Å². The van der Waals surface area contributed by atoms with Crippen LogP contribution in [0.1, 0.15) is 0 Å². The van der Waals surface area contributed by atoms with E-state index in [9.17, 15) is 9.46 Å². The van der Waals surface area contributed by atoms with Crippen molar-refractivity contribution in [2.24, 2.45) is 0 Å². The molecule has 0 aliphatic carbocycles. The minimum absolute atomic E-state index is 0.249. The molecule has 1 aromatic rings. The third-order valence-electron chi connectivity index (χ3n) is 1.47. The Labute approximate surface area is 70.5 Å². The van der Waals surface area contributed by atoms with Crippen LogP contribution in [0, 0.1) is 0 Å². The number of anilines is 1.